The molecule has 0 saturated carbocycles. The van der Waals surface area contributed by atoms with Crippen LogP contribution in [-0.2, 0) is 24.8 Å². The maximum Gasteiger partial charge on any atom is 0.341 e. The monoisotopic (exact) mass is 448 g/mol. The molecule has 152 valence electrons. The molecule has 0 radical (unpaired) electrons. The highest BCUT2D eigenvalue weighted by molar-refractivity contribution is 7.92. The highest BCUT2D eigenvalue weighted by Gasteiger charge is 2.18. The van der Waals surface area contributed by atoms with Crippen LogP contribution in [-0.4, -0.2) is 41.1 Å². The molecular formula is C16H17ClN2O7S2. The van der Waals surface area contributed by atoms with E-state index in [-0.39, 0.29) is 32.8 Å². The van der Waals surface area contributed by atoms with Gasteiger partial charge in [0.25, 0.3) is 10.0 Å². The topological polar surface area (TPSA) is 139 Å². The predicted octanol–water partition coefficient (Wildman–Crippen LogP) is 1.90. The van der Waals surface area contributed by atoms with E-state index in [0.717, 1.165) is 6.07 Å². The zero-order chi connectivity index (χ0) is 20.9. The molecule has 0 bridgehead atoms. The van der Waals surface area contributed by atoms with Crippen LogP contribution in [0.2, 0.25) is 5.02 Å². The number of rotatable bonds is 9. The normalized spacial score (nSPS) is 11.8. The van der Waals surface area contributed by atoms with Crippen molar-refractivity contribution in [3.05, 3.63) is 47.5 Å². The lowest BCUT2D eigenvalue weighted by Gasteiger charge is -2.11. The summed E-state index contributed by atoms with van der Waals surface area (Å²) in [6, 6.07) is 8.73. The number of aliphatic carboxylic acids is 1. The van der Waals surface area contributed by atoms with Gasteiger partial charge in [-0.2, -0.15) is 0 Å². The summed E-state index contributed by atoms with van der Waals surface area (Å²) in [5.41, 5.74) is 0.151. The van der Waals surface area contributed by atoms with Crippen molar-refractivity contribution in [2.75, 3.05) is 17.9 Å². The van der Waals surface area contributed by atoms with Gasteiger partial charge in [0.05, 0.1) is 14.8 Å². The van der Waals surface area contributed by atoms with Gasteiger partial charge in [0.15, 0.2) is 6.61 Å². The molecule has 0 spiro atoms. The van der Waals surface area contributed by atoms with Gasteiger partial charge >= 0.3 is 5.97 Å². The molecule has 2 aromatic rings. The average molecular weight is 449 g/mol. The first-order valence-corrected chi connectivity index (χ1v) is 11.2. The summed E-state index contributed by atoms with van der Waals surface area (Å²) in [4.78, 5) is 10.3. The maximum absolute atomic E-state index is 12.5. The maximum atomic E-state index is 12.5. The second kappa shape index (κ2) is 8.78. The second-order valence-corrected chi connectivity index (χ2v) is 9.26. The van der Waals surface area contributed by atoms with E-state index in [1.807, 2.05) is 0 Å². The van der Waals surface area contributed by atoms with Crippen molar-refractivity contribution in [2.45, 2.75) is 16.7 Å². The smallest absolute Gasteiger partial charge is 0.341 e. The molecule has 3 N–H and O–H groups in total. The van der Waals surface area contributed by atoms with Gasteiger partial charge in [-0.15, -0.1) is 0 Å². The van der Waals surface area contributed by atoms with Crippen LogP contribution in [0.15, 0.2) is 52.3 Å². The fourth-order valence-electron chi connectivity index (χ4n) is 2.09. The highest BCUT2D eigenvalue weighted by atomic mass is 35.5. The van der Waals surface area contributed by atoms with Gasteiger partial charge in [0.1, 0.15) is 5.75 Å². The number of carboxylic acids is 1. The fraction of sp³-hybridized carbons (Fsp3) is 0.188. The number of ether oxygens (including phenoxy) is 1. The van der Waals surface area contributed by atoms with E-state index in [1.165, 1.54) is 36.4 Å². The third kappa shape index (κ3) is 5.58. The number of carbonyl (C=O) groups is 1. The lowest BCUT2D eigenvalue weighted by Crippen LogP contribution is -2.23. The Labute approximate surface area is 167 Å². The SMILES string of the molecule is CCNS(=O)(=O)c1ccc(NS(=O)(=O)c2ccc(OCC(=O)O)c(Cl)c2)cc1. The van der Waals surface area contributed by atoms with Gasteiger partial charge in [-0.3, -0.25) is 4.72 Å². The number of sulfonamides is 2. The van der Waals surface area contributed by atoms with Gasteiger partial charge < -0.3 is 9.84 Å². The number of benzene rings is 2. The number of carboxylic acid groups (broad SMARTS) is 1. The first kappa shape index (κ1) is 22.0. The van der Waals surface area contributed by atoms with Crippen molar-refractivity contribution in [3.63, 3.8) is 0 Å². The molecule has 0 fully saturated rings. The molecule has 0 heterocycles. The molecule has 2 rings (SSSR count). The van der Waals surface area contributed by atoms with E-state index < -0.39 is 32.6 Å². The van der Waals surface area contributed by atoms with Crippen LogP contribution in [0.4, 0.5) is 5.69 Å². The minimum atomic E-state index is -4.01. The highest BCUT2D eigenvalue weighted by Crippen LogP contribution is 2.28. The first-order valence-electron chi connectivity index (χ1n) is 7.82. The Balaban J connectivity index is 2.19. The van der Waals surface area contributed by atoms with Crippen LogP contribution in [0.3, 0.4) is 0 Å². The molecular weight excluding hydrogens is 432 g/mol. The van der Waals surface area contributed by atoms with E-state index in [9.17, 15) is 21.6 Å². The lowest BCUT2D eigenvalue weighted by atomic mass is 10.3. The zero-order valence-corrected chi connectivity index (χ0v) is 16.9. The first-order chi connectivity index (χ1) is 13.0. The van der Waals surface area contributed by atoms with Gasteiger partial charge in [0, 0.05) is 12.2 Å². The molecule has 2 aromatic carbocycles. The summed E-state index contributed by atoms with van der Waals surface area (Å²) in [6.07, 6.45) is 0. The number of nitrogens with one attached hydrogen (secondary N) is 2. The Bertz CT molecular complexity index is 1070. The van der Waals surface area contributed by atoms with Crippen LogP contribution in [0, 0.1) is 0 Å². The van der Waals surface area contributed by atoms with Crippen LogP contribution < -0.4 is 14.2 Å². The standard InChI is InChI=1S/C16H17ClN2O7S2/c1-2-18-27(22,23)12-5-3-11(4-6-12)19-28(24,25)13-7-8-15(14(17)9-13)26-10-16(20)21/h3-9,18-19H,2,10H2,1H3,(H,20,21). The second-order valence-electron chi connectivity index (χ2n) is 5.41. The van der Waals surface area contributed by atoms with Crippen molar-refractivity contribution in [1.29, 1.82) is 0 Å². The summed E-state index contributed by atoms with van der Waals surface area (Å²) in [6.45, 7) is 1.25. The van der Waals surface area contributed by atoms with E-state index in [0.29, 0.717) is 0 Å². The Morgan fingerprint density at radius 2 is 1.64 bits per heavy atom. The largest absolute Gasteiger partial charge is 0.480 e. The quantitative estimate of drug-likeness (QED) is 0.532. The summed E-state index contributed by atoms with van der Waals surface area (Å²) in [7, 11) is -7.66. The predicted molar refractivity (Wildman–Crippen MR) is 103 cm³/mol. The van der Waals surface area contributed by atoms with E-state index >= 15 is 0 Å². The van der Waals surface area contributed by atoms with E-state index in [4.69, 9.17) is 21.4 Å². The molecule has 0 aromatic heterocycles. The number of anilines is 1. The zero-order valence-electron chi connectivity index (χ0n) is 14.5. The van der Waals surface area contributed by atoms with Crippen molar-refractivity contribution in [3.8, 4) is 5.75 Å². The van der Waals surface area contributed by atoms with Crippen LogP contribution >= 0.6 is 11.6 Å². The van der Waals surface area contributed by atoms with Crippen LogP contribution in [0.5, 0.6) is 5.75 Å². The Kier molecular flexibility index (Phi) is 6.88. The number of hydrogen-bond donors (Lipinski definition) is 3. The van der Waals surface area contributed by atoms with Gasteiger partial charge in [-0.05, 0) is 42.5 Å². The minimum absolute atomic E-state index is 0.000254. The third-order valence-electron chi connectivity index (χ3n) is 3.32. The summed E-state index contributed by atoms with van der Waals surface area (Å²) >= 11 is 5.94. The molecule has 0 unspecified atom stereocenters. The molecule has 9 nitrogen and oxygen atoms in total. The van der Waals surface area contributed by atoms with Crippen molar-refractivity contribution in [2.24, 2.45) is 0 Å². The molecule has 0 atom stereocenters. The Hall–Kier alpha value is -2.34. The van der Waals surface area contributed by atoms with Gasteiger partial charge in [0.2, 0.25) is 10.0 Å². The molecule has 12 heteroatoms. The van der Waals surface area contributed by atoms with E-state index in [2.05, 4.69) is 9.44 Å². The number of halogens is 1. The van der Waals surface area contributed by atoms with Crippen LogP contribution in [0.25, 0.3) is 0 Å². The van der Waals surface area contributed by atoms with E-state index in [1.54, 1.807) is 6.92 Å². The minimum Gasteiger partial charge on any atom is -0.480 e. The molecule has 0 saturated heterocycles. The summed E-state index contributed by atoms with van der Waals surface area (Å²) < 4.78 is 58.3. The molecule has 0 aliphatic carbocycles. The summed E-state index contributed by atoms with van der Waals surface area (Å²) in [5, 5.41) is 8.52. The fourth-order valence-corrected chi connectivity index (χ4v) is 4.52. The third-order valence-corrected chi connectivity index (χ3v) is 6.55. The van der Waals surface area contributed by atoms with Gasteiger partial charge in [-0.25, -0.2) is 26.4 Å². The van der Waals surface area contributed by atoms with Crippen molar-refractivity contribution in [1.82, 2.24) is 4.72 Å². The lowest BCUT2D eigenvalue weighted by molar-refractivity contribution is -0.139. The van der Waals surface area contributed by atoms with Crippen molar-refractivity contribution < 1.29 is 31.5 Å². The average Bonchev–Trinajstić information content (AvgIpc) is 2.60. The van der Waals surface area contributed by atoms with Gasteiger partial charge in [-0.1, -0.05) is 18.5 Å². The summed E-state index contributed by atoms with van der Waals surface area (Å²) in [5.74, 6) is -1.17. The van der Waals surface area contributed by atoms with Crippen molar-refractivity contribution >= 4 is 43.3 Å². The molecule has 28 heavy (non-hydrogen) atoms. The number of hydrogen-bond acceptors (Lipinski definition) is 6. The molecule has 0 aliphatic heterocycles. The molecule has 0 aliphatic rings. The Morgan fingerprint density at radius 3 is 2.18 bits per heavy atom. The molecule has 0 amide bonds. The Morgan fingerprint density at radius 1 is 1.04 bits per heavy atom. The van der Waals surface area contributed by atoms with Crippen LogP contribution in [0.1, 0.15) is 6.92 Å².